The number of hydrogen-bond acceptors (Lipinski definition) is 5. The highest BCUT2D eigenvalue weighted by Crippen LogP contribution is 2.15. The largest absolute Gasteiger partial charge is 0.359 e. The van der Waals surface area contributed by atoms with Crippen LogP contribution in [0.15, 0.2) is 0 Å². The van der Waals surface area contributed by atoms with Crippen molar-refractivity contribution in [1.29, 1.82) is 0 Å². The molecule has 1 aromatic heterocycles. The van der Waals surface area contributed by atoms with Gasteiger partial charge in [0.2, 0.25) is 5.13 Å². The Bertz CT molecular complexity index is 347. The Morgan fingerprint density at radius 3 is 2.83 bits per heavy atom. The number of likely N-dealkylation sites (tertiary alicyclic amines) is 1. The smallest absolute Gasteiger partial charge is 0.202 e. The Morgan fingerprint density at radius 1 is 1.33 bits per heavy atom. The van der Waals surface area contributed by atoms with Gasteiger partial charge < -0.3 is 5.32 Å². The van der Waals surface area contributed by atoms with Gasteiger partial charge in [-0.2, -0.15) is 4.37 Å². The predicted molar refractivity (Wildman–Crippen MR) is 77.3 cm³/mol. The van der Waals surface area contributed by atoms with Crippen molar-refractivity contribution in [3.8, 4) is 0 Å². The first-order chi connectivity index (χ1) is 8.79. The normalized spacial score (nSPS) is 18.8. The first-order valence-electron chi connectivity index (χ1n) is 7.10. The Labute approximate surface area is 114 Å². The Kier molecular flexibility index (Phi) is 5.38. The van der Waals surface area contributed by atoms with Crippen LogP contribution in [0, 0.1) is 0 Å². The van der Waals surface area contributed by atoms with Crippen LogP contribution in [0.4, 0.5) is 5.13 Å². The molecule has 2 rings (SSSR count). The molecule has 1 aromatic rings. The third-order valence-corrected chi connectivity index (χ3v) is 4.21. The number of hydrogen-bond donors (Lipinski definition) is 1. The number of rotatable bonds is 6. The van der Waals surface area contributed by atoms with Crippen molar-refractivity contribution in [1.82, 2.24) is 14.3 Å². The van der Waals surface area contributed by atoms with Gasteiger partial charge in [-0.1, -0.05) is 13.3 Å². The van der Waals surface area contributed by atoms with E-state index < -0.39 is 0 Å². The second kappa shape index (κ2) is 7.04. The van der Waals surface area contributed by atoms with Crippen molar-refractivity contribution in [3.05, 3.63) is 5.82 Å². The predicted octanol–water partition coefficient (Wildman–Crippen LogP) is 2.78. The van der Waals surface area contributed by atoms with Crippen molar-refractivity contribution in [2.75, 3.05) is 25.0 Å². The van der Waals surface area contributed by atoms with E-state index in [1.807, 2.05) is 0 Å². The summed E-state index contributed by atoms with van der Waals surface area (Å²) in [6, 6.07) is 0.587. The number of piperidine rings is 1. The van der Waals surface area contributed by atoms with Crippen LogP contribution in [0.3, 0.4) is 0 Å². The number of aryl methyl sites for hydroxylation is 1. The van der Waals surface area contributed by atoms with E-state index in [4.69, 9.17) is 0 Å². The van der Waals surface area contributed by atoms with Gasteiger partial charge in [0.1, 0.15) is 5.82 Å². The van der Waals surface area contributed by atoms with Crippen LogP contribution >= 0.6 is 11.5 Å². The molecule has 18 heavy (non-hydrogen) atoms. The van der Waals surface area contributed by atoms with Crippen LogP contribution in [0.1, 0.15) is 45.4 Å². The van der Waals surface area contributed by atoms with Crippen molar-refractivity contribution in [2.45, 2.75) is 52.0 Å². The molecule has 1 aliphatic heterocycles. The summed E-state index contributed by atoms with van der Waals surface area (Å²) in [5.41, 5.74) is 0. The molecule has 0 spiro atoms. The van der Waals surface area contributed by atoms with Crippen LogP contribution < -0.4 is 5.32 Å². The summed E-state index contributed by atoms with van der Waals surface area (Å²) in [5.74, 6) is 0.982. The zero-order chi connectivity index (χ0) is 12.8. The van der Waals surface area contributed by atoms with Crippen LogP contribution in [0.2, 0.25) is 0 Å². The molecule has 0 radical (unpaired) electrons. The molecule has 2 heterocycles. The monoisotopic (exact) mass is 268 g/mol. The molecule has 1 fully saturated rings. The Morgan fingerprint density at radius 2 is 2.11 bits per heavy atom. The quantitative estimate of drug-likeness (QED) is 0.861. The van der Waals surface area contributed by atoms with Crippen molar-refractivity contribution in [3.63, 3.8) is 0 Å². The highest BCUT2D eigenvalue weighted by molar-refractivity contribution is 7.09. The van der Waals surface area contributed by atoms with Gasteiger partial charge in [0.05, 0.1) is 0 Å². The highest BCUT2D eigenvalue weighted by atomic mass is 32.1. The van der Waals surface area contributed by atoms with Crippen LogP contribution in [0.25, 0.3) is 0 Å². The molecule has 0 aromatic carbocycles. The molecule has 1 N–H and O–H groups in total. The van der Waals surface area contributed by atoms with Crippen LogP contribution in [0.5, 0.6) is 0 Å². The van der Waals surface area contributed by atoms with Gasteiger partial charge in [0, 0.05) is 30.5 Å². The average molecular weight is 268 g/mol. The van der Waals surface area contributed by atoms with Gasteiger partial charge in [-0.3, -0.25) is 4.90 Å². The average Bonchev–Trinajstić information content (AvgIpc) is 2.85. The fraction of sp³-hybridized carbons (Fsp3) is 0.846. The summed E-state index contributed by atoms with van der Waals surface area (Å²) in [5, 5.41) is 4.40. The molecule has 1 saturated heterocycles. The molecule has 1 aliphatic rings. The van der Waals surface area contributed by atoms with Gasteiger partial charge in [-0.15, -0.1) is 0 Å². The summed E-state index contributed by atoms with van der Waals surface area (Å²) in [7, 11) is 0. The second-order valence-corrected chi connectivity index (χ2v) is 5.84. The van der Waals surface area contributed by atoms with Crippen LogP contribution in [-0.2, 0) is 6.42 Å². The maximum Gasteiger partial charge on any atom is 0.202 e. The summed E-state index contributed by atoms with van der Waals surface area (Å²) in [4.78, 5) is 7.07. The molecule has 1 unspecified atom stereocenters. The molecule has 0 aliphatic carbocycles. The fourth-order valence-corrected chi connectivity index (χ4v) is 2.99. The van der Waals surface area contributed by atoms with Crippen molar-refractivity contribution < 1.29 is 0 Å². The number of aromatic nitrogens is 2. The zero-order valence-corrected chi connectivity index (χ0v) is 12.3. The highest BCUT2D eigenvalue weighted by Gasteiger charge is 2.16. The molecule has 102 valence electrons. The second-order valence-electron chi connectivity index (χ2n) is 5.09. The summed E-state index contributed by atoms with van der Waals surface area (Å²) in [6.07, 6.45) is 6.20. The lowest BCUT2D eigenvalue weighted by Gasteiger charge is -2.32. The maximum atomic E-state index is 4.49. The van der Waals surface area contributed by atoms with Gasteiger partial charge in [-0.05, 0) is 39.3 Å². The van der Waals surface area contributed by atoms with E-state index in [0.717, 1.165) is 30.3 Å². The third-order valence-electron chi connectivity index (χ3n) is 3.50. The van der Waals surface area contributed by atoms with E-state index in [1.165, 1.54) is 43.9 Å². The molecule has 0 saturated carbocycles. The van der Waals surface area contributed by atoms with Gasteiger partial charge in [0.25, 0.3) is 0 Å². The SMILES string of the molecule is CCCc1nsc(NCC(C)N2CCCCC2)n1. The molecule has 0 bridgehead atoms. The number of nitrogens with one attached hydrogen (secondary N) is 1. The lowest BCUT2D eigenvalue weighted by molar-refractivity contribution is 0.180. The topological polar surface area (TPSA) is 41.1 Å². The van der Waals surface area contributed by atoms with Crippen molar-refractivity contribution in [2.24, 2.45) is 0 Å². The van der Waals surface area contributed by atoms with Crippen LogP contribution in [-0.4, -0.2) is 39.9 Å². The number of anilines is 1. The minimum Gasteiger partial charge on any atom is -0.359 e. The van der Waals surface area contributed by atoms with E-state index in [0.29, 0.717) is 6.04 Å². The molecule has 4 nitrogen and oxygen atoms in total. The lowest BCUT2D eigenvalue weighted by Crippen LogP contribution is -2.41. The number of nitrogens with zero attached hydrogens (tertiary/aromatic N) is 3. The Balaban J connectivity index is 1.75. The molecule has 0 amide bonds. The van der Waals surface area contributed by atoms with E-state index >= 15 is 0 Å². The van der Waals surface area contributed by atoms with Crippen molar-refractivity contribution >= 4 is 16.7 Å². The third kappa shape index (κ3) is 3.92. The first-order valence-corrected chi connectivity index (χ1v) is 7.87. The van der Waals surface area contributed by atoms with E-state index in [2.05, 4.69) is 33.4 Å². The van der Waals surface area contributed by atoms with E-state index in [9.17, 15) is 0 Å². The maximum absolute atomic E-state index is 4.49. The van der Waals surface area contributed by atoms with Gasteiger partial charge >= 0.3 is 0 Å². The molecule has 1 atom stereocenters. The summed E-state index contributed by atoms with van der Waals surface area (Å²) in [6.45, 7) is 7.93. The molecular formula is C13H24N4S. The zero-order valence-electron chi connectivity index (χ0n) is 11.5. The first kappa shape index (κ1) is 13.7. The minimum absolute atomic E-state index is 0.587. The van der Waals surface area contributed by atoms with E-state index in [-0.39, 0.29) is 0 Å². The summed E-state index contributed by atoms with van der Waals surface area (Å²) < 4.78 is 4.35. The minimum atomic E-state index is 0.587. The summed E-state index contributed by atoms with van der Waals surface area (Å²) >= 11 is 1.49. The van der Waals surface area contributed by atoms with Gasteiger partial charge in [0.15, 0.2) is 0 Å². The molecule has 5 heteroatoms. The van der Waals surface area contributed by atoms with E-state index in [1.54, 1.807) is 0 Å². The van der Waals surface area contributed by atoms with Gasteiger partial charge in [-0.25, -0.2) is 4.98 Å². The fourth-order valence-electron chi connectivity index (χ4n) is 2.37. The Hall–Kier alpha value is -0.680. The molecular weight excluding hydrogens is 244 g/mol. The lowest BCUT2D eigenvalue weighted by atomic mass is 10.1. The standard InChI is InChI=1S/C13H24N4S/c1-3-7-12-15-13(18-16-12)14-10-11(2)17-8-5-4-6-9-17/h11H,3-10H2,1-2H3,(H,14,15,16).